The third-order valence-corrected chi connectivity index (χ3v) is 4.75. The van der Waals surface area contributed by atoms with Gasteiger partial charge in [0.1, 0.15) is 6.04 Å². The minimum Gasteiger partial charge on any atom is -0.459 e. The quantitative estimate of drug-likeness (QED) is 0.505. The summed E-state index contributed by atoms with van der Waals surface area (Å²) >= 11 is 0. The average molecular weight is 393 g/mol. The zero-order valence-corrected chi connectivity index (χ0v) is 16.6. The molecule has 8 heteroatoms. The number of nitrogens with one attached hydrogen (secondary N) is 1. The molecule has 3 aromatic heterocycles. The van der Waals surface area contributed by atoms with Gasteiger partial charge in [-0.05, 0) is 42.7 Å². The molecule has 1 aromatic carbocycles. The zero-order valence-electron chi connectivity index (χ0n) is 16.6. The summed E-state index contributed by atoms with van der Waals surface area (Å²) in [5.74, 6) is 0.783. The van der Waals surface area contributed by atoms with Crippen molar-refractivity contribution >= 4 is 16.9 Å². The zero-order chi connectivity index (χ0) is 20.4. The molecule has 0 aliphatic carbocycles. The van der Waals surface area contributed by atoms with Crippen LogP contribution in [0.3, 0.4) is 0 Å². The lowest BCUT2D eigenvalue weighted by atomic mass is 10.0. The van der Waals surface area contributed by atoms with Gasteiger partial charge in [0, 0.05) is 12.1 Å². The first-order valence-corrected chi connectivity index (χ1v) is 9.70. The number of carbonyl (C=O) groups excluding carboxylic acids is 1. The number of amides is 1. The standard InChI is InChI=1S/C21H23N5O3/c1-4-9-26-12-22-15-11-14(7-8-16(15)26)19-24-21(29-25-19)18(13(2)3)23-20(27)17-6-5-10-28-17/h5-8,10-13,18H,4,9H2,1-3H3,(H,23,27)/t18-/m1/s1. The van der Waals surface area contributed by atoms with Crippen LogP contribution >= 0.6 is 0 Å². The van der Waals surface area contributed by atoms with Crippen molar-refractivity contribution < 1.29 is 13.7 Å². The van der Waals surface area contributed by atoms with Crippen LogP contribution in [-0.2, 0) is 6.54 Å². The molecule has 4 aromatic rings. The molecule has 0 bridgehead atoms. The fourth-order valence-electron chi connectivity index (χ4n) is 3.23. The van der Waals surface area contributed by atoms with Gasteiger partial charge in [0.25, 0.3) is 5.91 Å². The maximum absolute atomic E-state index is 12.4. The molecule has 0 fully saturated rings. The first-order valence-electron chi connectivity index (χ1n) is 9.70. The molecule has 0 saturated carbocycles. The summed E-state index contributed by atoms with van der Waals surface area (Å²) in [5, 5.41) is 7.02. The Hall–Kier alpha value is -3.42. The predicted molar refractivity (Wildman–Crippen MR) is 107 cm³/mol. The summed E-state index contributed by atoms with van der Waals surface area (Å²) < 4.78 is 12.8. The van der Waals surface area contributed by atoms with Gasteiger partial charge in [0.2, 0.25) is 11.7 Å². The van der Waals surface area contributed by atoms with E-state index >= 15 is 0 Å². The molecule has 8 nitrogen and oxygen atoms in total. The van der Waals surface area contributed by atoms with Crippen molar-refractivity contribution in [3.63, 3.8) is 0 Å². The van der Waals surface area contributed by atoms with Crippen molar-refractivity contribution in [2.75, 3.05) is 0 Å². The Morgan fingerprint density at radius 3 is 2.86 bits per heavy atom. The number of hydrogen-bond acceptors (Lipinski definition) is 6. The number of furan rings is 1. The molecule has 29 heavy (non-hydrogen) atoms. The van der Waals surface area contributed by atoms with Crippen LogP contribution in [0.2, 0.25) is 0 Å². The number of aryl methyl sites for hydroxylation is 1. The predicted octanol–water partition coefficient (Wildman–Crippen LogP) is 4.22. The molecule has 0 unspecified atom stereocenters. The van der Waals surface area contributed by atoms with Crippen LogP contribution < -0.4 is 5.32 Å². The lowest BCUT2D eigenvalue weighted by molar-refractivity contribution is 0.0885. The second-order valence-corrected chi connectivity index (χ2v) is 7.27. The van der Waals surface area contributed by atoms with Crippen molar-refractivity contribution in [2.24, 2.45) is 5.92 Å². The van der Waals surface area contributed by atoms with Gasteiger partial charge in [-0.15, -0.1) is 0 Å². The summed E-state index contributed by atoms with van der Waals surface area (Å²) in [6.07, 6.45) is 4.35. The number of imidazole rings is 1. The fraction of sp³-hybridized carbons (Fsp3) is 0.333. The largest absolute Gasteiger partial charge is 0.459 e. The van der Waals surface area contributed by atoms with Crippen molar-refractivity contribution in [3.8, 4) is 11.4 Å². The second-order valence-electron chi connectivity index (χ2n) is 7.27. The highest BCUT2D eigenvalue weighted by molar-refractivity contribution is 5.91. The van der Waals surface area contributed by atoms with Crippen LogP contribution in [0.25, 0.3) is 22.4 Å². The van der Waals surface area contributed by atoms with E-state index in [2.05, 4.69) is 31.9 Å². The van der Waals surface area contributed by atoms with Gasteiger partial charge in [-0.2, -0.15) is 4.98 Å². The van der Waals surface area contributed by atoms with Gasteiger partial charge in [0.15, 0.2) is 5.76 Å². The van der Waals surface area contributed by atoms with Gasteiger partial charge in [-0.3, -0.25) is 4.79 Å². The Labute approximate surface area is 167 Å². The Balaban J connectivity index is 1.59. The highest BCUT2D eigenvalue weighted by Gasteiger charge is 2.26. The number of fused-ring (bicyclic) bond motifs is 1. The normalized spacial score (nSPS) is 12.6. The van der Waals surface area contributed by atoms with Crippen LogP contribution in [0.4, 0.5) is 0 Å². The molecular formula is C21H23N5O3. The van der Waals surface area contributed by atoms with E-state index in [9.17, 15) is 4.79 Å². The molecule has 4 rings (SSSR count). The molecule has 1 atom stereocenters. The topological polar surface area (TPSA) is 99.0 Å². The Bertz CT molecular complexity index is 1110. The summed E-state index contributed by atoms with van der Waals surface area (Å²) in [5.41, 5.74) is 2.77. The van der Waals surface area contributed by atoms with Crippen molar-refractivity contribution in [3.05, 3.63) is 54.6 Å². The maximum Gasteiger partial charge on any atom is 0.287 e. The highest BCUT2D eigenvalue weighted by Crippen LogP contribution is 2.26. The van der Waals surface area contributed by atoms with E-state index in [1.807, 2.05) is 38.4 Å². The molecule has 150 valence electrons. The second kappa shape index (κ2) is 7.90. The SMILES string of the molecule is CCCn1cnc2cc(-c3noc([C@H](NC(=O)c4ccco4)C(C)C)n3)ccc21. The smallest absolute Gasteiger partial charge is 0.287 e. The van der Waals surface area contributed by atoms with Gasteiger partial charge in [0.05, 0.1) is 23.6 Å². The first kappa shape index (κ1) is 18.9. The highest BCUT2D eigenvalue weighted by atomic mass is 16.5. The van der Waals surface area contributed by atoms with Crippen LogP contribution in [-0.4, -0.2) is 25.6 Å². The third kappa shape index (κ3) is 3.78. The first-order chi connectivity index (χ1) is 14.1. The lowest BCUT2D eigenvalue weighted by Gasteiger charge is -2.17. The Kier molecular flexibility index (Phi) is 5.16. The van der Waals surface area contributed by atoms with Crippen molar-refractivity contribution in [1.29, 1.82) is 0 Å². The summed E-state index contributed by atoms with van der Waals surface area (Å²) in [4.78, 5) is 21.4. The van der Waals surface area contributed by atoms with Crippen LogP contribution in [0.1, 0.15) is 49.7 Å². The lowest BCUT2D eigenvalue weighted by Crippen LogP contribution is -2.31. The Morgan fingerprint density at radius 1 is 1.28 bits per heavy atom. The molecule has 0 spiro atoms. The van der Waals surface area contributed by atoms with E-state index in [0.717, 1.165) is 29.6 Å². The van der Waals surface area contributed by atoms with Gasteiger partial charge in [-0.25, -0.2) is 4.98 Å². The Morgan fingerprint density at radius 2 is 2.14 bits per heavy atom. The number of nitrogens with zero attached hydrogens (tertiary/aromatic N) is 4. The van der Waals surface area contributed by atoms with Gasteiger partial charge < -0.3 is 18.8 Å². The number of hydrogen-bond donors (Lipinski definition) is 1. The van der Waals surface area contributed by atoms with E-state index in [1.165, 1.54) is 6.26 Å². The molecule has 0 saturated heterocycles. The molecule has 1 amide bonds. The van der Waals surface area contributed by atoms with Gasteiger partial charge >= 0.3 is 0 Å². The van der Waals surface area contributed by atoms with Crippen LogP contribution in [0, 0.1) is 5.92 Å². The van der Waals surface area contributed by atoms with E-state index in [-0.39, 0.29) is 17.6 Å². The number of rotatable bonds is 7. The van der Waals surface area contributed by atoms with Crippen molar-refractivity contribution in [1.82, 2.24) is 25.0 Å². The van der Waals surface area contributed by atoms with E-state index in [1.54, 1.807) is 12.1 Å². The summed E-state index contributed by atoms with van der Waals surface area (Å²) in [6.45, 7) is 7.01. The molecule has 3 heterocycles. The van der Waals surface area contributed by atoms with Crippen LogP contribution in [0.15, 0.2) is 51.9 Å². The van der Waals surface area contributed by atoms with E-state index in [0.29, 0.717) is 11.7 Å². The van der Waals surface area contributed by atoms with Crippen molar-refractivity contribution in [2.45, 2.75) is 39.8 Å². The number of carbonyl (C=O) groups is 1. The van der Waals surface area contributed by atoms with Crippen LogP contribution in [0.5, 0.6) is 0 Å². The van der Waals surface area contributed by atoms with Gasteiger partial charge in [-0.1, -0.05) is 25.9 Å². The monoisotopic (exact) mass is 393 g/mol. The maximum atomic E-state index is 12.4. The number of aromatic nitrogens is 4. The minimum atomic E-state index is -0.429. The molecule has 0 aliphatic rings. The fourth-order valence-corrected chi connectivity index (χ4v) is 3.23. The average Bonchev–Trinajstić information content (AvgIpc) is 3.46. The summed E-state index contributed by atoms with van der Waals surface area (Å²) in [7, 11) is 0. The molecule has 0 aliphatic heterocycles. The molecular weight excluding hydrogens is 370 g/mol. The number of benzene rings is 1. The third-order valence-electron chi connectivity index (χ3n) is 4.75. The van der Waals surface area contributed by atoms with E-state index in [4.69, 9.17) is 8.94 Å². The molecule has 0 radical (unpaired) electrons. The van der Waals surface area contributed by atoms with E-state index < -0.39 is 6.04 Å². The summed E-state index contributed by atoms with van der Waals surface area (Å²) in [6, 6.07) is 8.77. The minimum absolute atomic E-state index is 0.0504. The molecule has 1 N–H and O–H groups in total.